The molecule has 0 radical (unpaired) electrons. The van der Waals surface area contributed by atoms with E-state index in [4.69, 9.17) is 0 Å². The fourth-order valence-electron chi connectivity index (χ4n) is 1.05. The third-order valence-electron chi connectivity index (χ3n) is 1.86. The van der Waals surface area contributed by atoms with E-state index < -0.39 is 16.1 Å². The minimum atomic E-state index is -0.931. The van der Waals surface area contributed by atoms with Crippen LogP contribution < -0.4 is 18.9 Å². The van der Waals surface area contributed by atoms with Crippen molar-refractivity contribution in [2.45, 2.75) is 78.8 Å². The molecule has 0 aromatic carbocycles. The van der Waals surface area contributed by atoms with Gasteiger partial charge in [0.15, 0.2) is 0 Å². The summed E-state index contributed by atoms with van der Waals surface area (Å²) in [6.45, 7) is 18.3. The molecule has 0 aromatic rings. The third-order valence-corrected chi connectivity index (χ3v) is 4.00. The van der Waals surface area contributed by atoms with Crippen molar-refractivity contribution in [3.05, 3.63) is 23.6 Å². The fourth-order valence-corrected chi connectivity index (χ4v) is 2.56. The summed E-state index contributed by atoms with van der Waals surface area (Å²) in [5.41, 5.74) is 4.58. The molecule has 0 unspecified atom stereocenters. The van der Waals surface area contributed by atoms with E-state index >= 15 is 0 Å². The molecule has 0 amide bonds. The molecule has 0 spiro atoms. The second kappa shape index (κ2) is 16.4. The van der Waals surface area contributed by atoms with Crippen LogP contribution in [0.3, 0.4) is 0 Å². The van der Waals surface area contributed by atoms with Crippen molar-refractivity contribution in [2.75, 3.05) is 0 Å². The maximum absolute atomic E-state index is 3.31. The van der Waals surface area contributed by atoms with Crippen molar-refractivity contribution in [2.24, 2.45) is 0 Å². The first kappa shape index (κ1) is 29.1. The molecule has 20 heavy (non-hydrogen) atoms. The van der Waals surface area contributed by atoms with E-state index in [-0.39, 0.29) is 35.9 Å². The molecular weight excluding hydrogens is 319 g/mol. The SMILES string of the molecule is CCC[C-]=C[Si](C)(C)C.CCC[C-]=C[Si](C)(C)C.[Cu+].[Li+]. The molecule has 0 aliphatic carbocycles. The second-order valence-corrected chi connectivity index (χ2v) is 17.0. The quantitative estimate of drug-likeness (QED) is 0.509. The van der Waals surface area contributed by atoms with Gasteiger partial charge in [0.1, 0.15) is 0 Å². The van der Waals surface area contributed by atoms with Crippen molar-refractivity contribution >= 4 is 16.1 Å². The Bertz CT molecular complexity index is 212. The van der Waals surface area contributed by atoms with Crippen molar-refractivity contribution in [1.29, 1.82) is 0 Å². The average molecular weight is 353 g/mol. The van der Waals surface area contributed by atoms with E-state index in [9.17, 15) is 0 Å². The van der Waals surface area contributed by atoms with Gasteiger partial charge in [0.2, 0.25) is 0 Å². The summed E-state index contributed by atoms with van der Waals surface area (Å²) in [6.07, 6.45) is 11.3. The molecular formula is C16H34CuLiSi2. The van der Waals surface area contributed by atoms with Gasteiger partial charge in [-0.25, -0.2) is 0 Å². The predicted octanol–water partition coefficient (Wildman–Crippen LogP) is 3.05. The van der Waals surface area contributed by atoms with E-state index in [0.29, 0.717) is 0 Å². The second-order valence-electron chi connectivity index (χ2n) is 6.93. The van der Waals surface area contributed by atoms with E-state index in [1.807, 2.05) is 0 Å². The van der Waals surface area contributed by atoms with Crippen molar-refractivity contribution < 1.29 is 35.9 Å². The standard InChI is InChI=1S/2C8H17Si.Cu.Li/c2*1-5-6-7-8-9(2,3)4;;/h2*8H,5-6H2,1-4H3;;/q2*-1;2*+1. The molecule has 0 nitrogen and oxygen atoms in total. The summed E-state index contributed by atoms with van der Waals surface area (Å²) in [4.78, 5) is 0. The summed E-state index contributed by atoms with van der Waals surface area (Å²) < 4.78 is 0. The van der Waals surface area contributed by atoms with E-state index in [1.165, 1.54) is 12.8 Å². The Morgan fingerprint density at radius 3 is 1.10 bits per heavy atom. The Labute approximate surface area is 153 Å². The Morgan fingerprint density at radius 2 is 0.950 bits per heavy atom. The smallest absolute Gasteiger partial charge is 0.505 e. The Morgan fingerprint density at radius 1 is 0.700 bits per heavy atom. The van der Waals surface area contributed by atoms with Gasteiger partial charge in [0.05, 0.1) is 0 Å². The Balaban J connectivity index is -0.000000116. The zero-order valence-electron chi connectivity index (χ0n) is 15.3. The third kappa shape index (κ3) is 36.4. The van der Waals surface area contributed by atoms with Crippen LogP contribution in [-0.4, -0.2) is 16.1 Å². The van der Waals surface area contributed by atoms with Gasteiger partial charge in [-0.2, -0.15) is 12.8 Å². The molecule has 0 aromatic heterocycles. The van der Waals surface area contributed by atoms with Crippen LogP contribution in [0.5, 0.6) is 0 Å². The van der Waals surface area contributed by atoms with Gasteiger partial charge in [0, 0.05) is 16.1 Å². The number of hydrogen-bond donors (Lipinski definition) is 0. The number of unbranched alkanes of at least 4 members (excludes halogenated alkanes) is 2. The van der Waals surface area contributed by atoms with Gasteiger partial charge < -0.3 is 12.2 Å². The van der Waals surface area contributed by atoms with E-state index in [2.05, 4.69) is 76.7 Å². The van der Waals surface area contributed by atoms with Crippen LogP contribution in [0.15, 0.2) is 11.4 Å². The molecule has 0 fully saturated rings. The zero-order valence-corrected chi connectivity index (χ0v) is 18.2. The average Bonchev–Trinajstić information content (AvgIpc) is 2.16. The molecule has 0 saturated carbocycles. The first-order valence-corrected chi connectivity index (χ1v) is 14.4. The van der Waals surface area contributed by atoms with Gasteiger partial charge in [-0.05, 0) is 0 Å². The van der Waals surface area contributed by atoms with Crippen molar-refractivity contribution in [3.63, 3.8) is 0 Å². The van der Waals surface area contributed by atoms with Gasteiger partial charge in [-0.15, -0.1) is 0 Å². The fraction of sp³-hybridized carbons (Fsp3) is 0.750. The molecule has 0 aliphatic heterocycles. The first-order chi connectivity index (χ1) is 8.12. The van der Waals surface area contributed by atoms with Crippen LogP contribution in [0.2, 0.25) is 39.3 Å². The first-order valence-electron chi connectivity index (χ1n) is 7.28. The van der Waals surface area contributed by atoms with Crippen LogP contribution >= 0.6 is 0 Å². The minimum absolute atomic E-state index is 0. The van der Waals surface area contributed by atoms with Crippen LogP contribution in [0.25, 0.3) is 0 Å². The molecule has 0 atom stereocenters. The topological polar surface area (TPSA) is 0 Å². The van der Waals surface area contributed by atoms with E-state index in [1.54, 1.807) is 0 Å². The van der Waals surface area contributed by atoms with Gasteiger partial charge >= 0.3 is 35.9 Å². The summed E-state index contributed by atoms with van der Waals surface area (Å²) in [7, 11) is -1.86. The summed E-state index contributed by atoms with van der Waals surface area (Å²) in [5.74, 6) is 0. The Kier molecular flexibility index (Phi) is 23.9. The molecule has 4 heteroatoms. The van der Waals surface area contributed by atoms with Gasteiger partial charge in [-0.3, -0.25) is 11.4 Å². The molecule has 0 bridgehead atoms. The number of hydrogen-bond acceptors (Lipinski definition) is 0. The molecule has 118 valence electrons. The minimum Gasteiger partial charge on any atom is -0.505 e. The normalized spacial score (nSPS) is 11.6. The van der Waals surface area contributed by atoms with Crippen LogP contribution in [0.4, 0.5) is 0 Å². The maximum atomic E-state index is 3.31. The summed E-state index contributed by atoms with van der Waals surface area (Å²) >= 11 is 0. The Hall–Kier alpha value is 1.03. The monoisotopic (exact) mass is 352 g/mol. The largest absolute Gasteiger partial charge is 1.00 e. The van der Waals surface area contributed by atoms with Gasteiger partial charge in [-0.1, -0.05) is 66.0 Å². The molecule has 0 heterocycles. The van der Waals surface area contributed by atoms with Crippen LogP contribution in [-0.2, 0) is 17.1 Å². The summed E-state index contributed by atoms with van der Waals surface area (Å²) in [5, 5.41) is 0. The molecule has 0 saturated heterocycles. The maximum Gasteiger partial charge on any atom is 1.00 e. The molecule has 0 rings (SSSR count). The zero-order chi connectivity index (χ0) is 14.7. The van der Waals surface area contributed by atoms with E-state index in [0.717, 1.165) is 12.8 Å². The van der Waals surface area contributed by atoms with Crippen LogP contribution in [0, 0.1) is 12.2 Å². The molecule has 0 aliphatic rings. The predicted molar refractivity (Wildman–Crippen MR) is 92.1 cm³/mol. The van der Waals surface area contributed by atoms with Crippen molar-refractivity contribution in [1.82, 2.24) is 0 Å². The van der Waals surface area contributed by atoms with Gasteiger partial charge in [0.25, 0.3) is 0 Å². The van der Waals surface area contributed by atoms with Crippen LogP contribution in [0.1, 0.15) is 39.5 Å². The van der Waals surface area contributed by atoms with Crippen molar-refractivity contribution in [3.8, 4) is 0 Å². The molecule has 0 N–H and O–H groups in total. The number of rotatable bonds is 6. The number of allylic oxidation sites excluding steroid dienone is 2. The summed E-state index contributed by atoms with van der Waals surface area (Å²) in [6, 6.07) is 0.